The molecule has 0 radical (unpaired) electrons. The van der Waals surface area contributed by atoms with Crippen LogP contribution in [-0.2, 0) is 9.53 Å². The highest BCUT2D eigenvalue weighted by molar-refractivity contribution is 7.07. The van der Waals surface area contributed by atoms with Gasteiger partial charge in [-0.1, -0.05) is 59.7 Å². The lowest BCUT2D eigenvalue weighted by atomic mass is 9.96. The maximum absolute atomic E-state index is 13.9. The van der Waals surface area contributed by atoms with Crippen LogP contribution < -0.4 is 19.6 Å². The van der Waals surface area contributed by atoms with Crippen LogP contribution in [0.15, 0.2) is 81.7 Å². The Balaban J connectivity index is 1.77. The van der Waals surface area contributed by atoms with Gasteiger partial charge in [0, 0.05) is 5.56 Å². The predicted molar refractivity (Wildman–Crippen MR) is 145 cm³/mol. The van der Waals surface area contributed by atoms with E-state index in [0.29, 0.717) is 31.9 Å². The van der Waals surface area contributed by atoms with Gasteiger partial charge in [0.1, 0.15) is 18.2 Å². The van der Waals surface area contributed by atoms with Crippen molar-refractivity contribution in [1.82, 2.24) is 4.57 Å². The number of carbonyl (C=O) groups is 1. The molecule has 0 spiro atoms. The van der Waals surface area contributed by atoms with Gasteiger partial charge in [0.05, 0.1) is 28.5 Å². The van der Waals surface area contributed by atoms with Gasteiger partial charge in [-0.3, -0.25) is 9.36 Å². The molecule has 0 bridgehead atoms. The van der Waals surface area contributed by atoms with Crippen LogP contribution in [0, 0.1) is 18.2 Å². The van der Waals surface area contributed by atoms with Gasteiger partial charge in [-0.25, -0.2) is 14.2 Å². The van der Waals surface area contributed by atoms with E-state index in [0.717, 1.165) is 10.8 Å². The Morgan fingerprint density at radius 2 is 1.95 bits per heavy atom. The van der Waals surface area contributed by atoms with Crippen molar-refractivity contribution in [2.24, 2.45) is 4.99 Å². The average molecular weight is 527 g/mol. The lowest BCUT2D eigenvalue weighted by molar-refractivity contribution is -0.139. The zero-order valence-electron chi connectivity index (χ0n) is 20.7. The van der Waals surface area contributed by atoms with E-state index >= 15 is 0 Å². The van der Waals surface area contributed by atoms with Gasteiger partial charge in [-0.15, -0.1) is 6.42 Å². The molecule has 6 nitrogen and oxygen atoms in total. The molecule has 38 heavy (non-hydrogen) atoms. The van der Waals surface area contributed by atoms with Crippen LogP contribution >= 0.6 is 11.3 Å². The van der Waals surface area contributed by atoms with Crippen LogP contribution in [0.3, 0.4) is 0 Å². The Morgan fingerprint density at radius 1 is 1.18 bits per heavy atom. The molecule has 0 fully saturated rings. The maximum Gasteiger partial charge on any atom is 0.338 e. The number of ether oxygens (including phenoxy) is 2. The number of benzene rings is 3. The van der Waals surface area contributed by atoms with Crippen molar-refractivity contribution in [3.63, 3.8) is 0 Å². The van der Waals surface area contributed by atoms with E-state index in [9.17, 15) is 14.0 Å². The molecule has 0 amide bonds. The highest BCUT2D eigenvalue weighted by atomic mass is 32.1. The summed E-state index contributed by atoms with van der Waals surface area (Å²) < 4.78 is 26.7. The molecule has 190 valence electrons. The summed E-state index contributed by atoms with van der Waals surface area (Å²) in [6.07, 6.45) is 7.19. The third kappa shape index (κ3) is 4.53. The van der Waals surface area contributed by atoms with Crippen molar-refractivity contribution in [2.45, 2.75) is 19.9 Å². The van der Waals surface area contributed by atoms with E-state index < -0.39 is 17.8 Å². The normalized spacial score (nSPS) is 15.1. The topological polar surface area (TPSA) is 69.9 Å². The van der Waals surface area contributed by atoms with Gasteiger partial charge in [0.2, 0.25) is 0 Å². The molecular weight excluding hydrogens is 503 g/mol. The quantitative estimate of drug-likeness (QED) is 0.280. The largest absolute Gasteiger partial charge is 0.480 e. The highest BCUT2D eigenvalue weighted by Gasteiger charge is 2.33. The van der Waals surface area contributed by atoms with Crippen LogP contribution in [0.25, 0.3) is 16.8 Å². The Hall–Kier alpha value is -4.48. The Labute approximate surface area is 222 Å². The van der Waals surface area contributed by atoms with Gasteiger partial charge >= 0.3 is 5.97 Å². The van der Waals surface area contributed by atoms with Crippen molar-refractivity contribution in [2.75, 3.05) is 13.2 Å². The minimum absolute atomic E-state index is 0.0765. The summed E-state index contributed by atoms with van der Waals surface area (Å²) in [6, 6.07) is 16.4. The SMILES string of the molecule is C#CCOc1ccc2ccccc2c1/C=c1\sc2n(c1=O)C(c1ccc(F)cc1)C(C(=O)OCC)=C(C)N=2. The van der Waals surface area contributed by atoms with E-state index in [1.165, 1.54) is 28.0 Å². The molecule has 1 aromatic heterocycles. The number of hydrogen-bond acceptors (Lipinski definition) is 6. The molecule has 1 unspecified atom stereocenters. The number of hydrogen-bond donors (Lipinski definition) is 0. The molecule has 0 N–H and O–H groups in total. The zero-order chi connectivity index (χ0) is 26.8. The maximum atomic E-state index is 13.9. The van der Waals surface area contributed by atoms with E-state index in [1.807, 2.05) is 36.4 Å². The van der Waals surface area contributed by atoms with Gasteiger partial charge in [-0.05, 0) is 54.5 Å². The Bertz CT molecular complexity index is 1810. The lowest BCUT2D eigenvalue weighted by Gasteiger charge is -2.24. The fourth-order valence-electron chi connectivity index (χ4n) is 4.55. The molecule has 3 aromatic carbocycles. The lowest BCUT2D eigenvalue weighted by Crippen LogP contribution is -2.39. The van der Waals surface area contributed by atoms with Gasteiger partial charge in [-0.2, -0.15) is 0 Å². The van der Waals surface area contributed by atoms with Crippen LogP contribution in [0.5, 0.6) is 5.75 Å². The summed E-state index contributed by atoms with van der Waals surface area (Å²) in [4.78, 5) is 31.9. The number of fused-ring (bicyclic) bond motifs is 2. The number of nitrogens with zero attached hydrogens (tertiary/aromatic N) is 2. The standard InChI is InChI=1S/C30H23FN2O4S/c1-4-16-37-24-15-12-19-8-6-7-9-22(19)23(24)17-25-28(34)33-27(20-10-13-21(31)14-11-20)26(29(35)36-5-2)18(3)32-30(33)38-25/h1,6-15,17,27H,5,16H2,2-3H3/b25-17-. The fourth-order valence-corrected chi connectivity index (χ4v) is 5.58. The molecule has 0 saturated heterocycles. The van der Waals surface area contributed by atoms with Crippen molar-refractivity contribution in [3.05, 3.63) is 109 Å². The molecule has 1 atom stereocenters. The van der Waals surface area contributed by atoms with Crippen LogP contribution in [0.2, 0.25) is 0 Å². The van der Waals surface area contributed by atoms with Crippen LogP contribution in [0.4, 0.5) is 4.39 Å². The highest BCUT2D eigenvalue weighted by Crippen LogP contribution is 2.31. The number of thiazole rings is 1. The Morgan fingerprint density at radius 3 is 2.68 bits per heavy atom. The second-order valence-electron chi connectivity index (χ2n) is 8.55. The number of rotatable bonds is 6. The monoisotopic (exact) mass is 526 g/mol. The van der Waals surface area contributed by atoms with Crippen molar-refractivity contribution < 1.29 is 18.7 Å². The summed E-state index contributed by atoms with van der Waals surface area (Å²) >= 11 is 1.20. The minimum atomic E-state index is -0.822. The fraction of sp³-hybridized carbons (Fsp3) is 0.167. The molecule has 1 aliphatic heterocycles. The average Bonchev–Trinajstić information content (AvgIpc) is 3.22. The van der Waals surface area contributed by atoms with Crippen molar-refractivity contribution in [1.29, 1.82) is 0 Å². The summed E-state index contributed by atoms with van der Waals surface area (Å²) in [6.45, 7) is 3.65. The van der Waals surface area contributed by atoms with E-state index in [4.69, 9.17) is 15.9 Å². The minimum Gasteiger partial charge on any atom is -0.480 e. The summed E-state index contributed by atoms with van der Waals surface area (Å²) in [5.74, 6) is 2.03. The molecule has 5 rings (SSSR count). The molecule has 0 aliphatic carbocycles. The molecule has 0 saturated carbocycles. The third-order valence-electron chi connectivity index (χ3n) is 6.22. The van der Waals surface area contributed by atoms with Gasteiger partial charge < -0.3 is 9.47 Å². The Kier molecular flexibility index (Phi) is 6.95. The summed E-state index contributed by atoms with van der Waals surface area (Å²) in [5.41, 5.74) is 1.62. The number of aromatic nitrogens is 1. The van der Waals surface area contributed by atoms with Gasteiger partial charge in [0.25, 0.3) is 5.56 Å². The first kappa shape index (κ1) is 25.2. The number of halogens is 1. The first-order chi connectivity index (χ1) is 18.4. The molecule has 2 heterocycles. The number of carbonyl (C=O) groups excluding carboxylic acids is 1. The van der Waals surface area contributed by atoms with E-state index in [1.54, 1.807) is 32.1 Å². The molecule has 8 heteroatoms. The zero-order valence-corrected chi connectivity index (χ0v) is 21.5. The van der Waals surface area contributed by atoms with Crippen LogP contribution in [-0.4, -0.2) is 23.8 Å². The number of terminal acetylenes is 1. The molecular formula is C30H23FN2O4S. The number of allylic oxidation sites excluding steroid dienone is 1. The van der Waals surface area contributed by atoms with Gasteiger partial charge in [0.15, 0.2) is 4.80 Å². The van der Waals surface area contributed by atoms with Crippen molar-refractivity contribution in [3.8, 4) is 18.1 Å². The van der Waals surface area contributed by atoms with Crippen LogP contribution in [0.1, 0.15) is 31.0 Å². The molecule has 4 aromatic rings. The third-order valence-corrected chi connectivity index (χ3v) is 7.20. The van der Waals surface area contributed by atoms with E-state index in [2.05, 4.69) is 10.9 Å². The van der Waals surface area contributed by atoms with E-state index in [-0.39, 0.29) is 24.3 Å². The first-order valence-corrected chi connectivity index (χ1v) is 12.8. The summed E-state index contributed by atoms with van der Waals surface area (Å²) in [5, 5.41) is 1.87. The second kappa shape index (κ2) is 10.5. The second-order valence-corrected chi connectivity index (χ2v) is 9.55. The summed E-state index contributed by atoms with van der Waals surface area (Å²) in [7, 11) is 0. The smallest absolute Gasteiger partial charge is 0.338 e. The van der Waals surface area contributed by atoms with Crippen molar-refractivity contribution >= 4 is 34.2 Å². The number of esters is 1. The first-order valence-electron chi connectivity index (χ1n) is 12.0. The molecule has 1 aliphatic rings. The predicted octanol–water partition coefficient (Wildman–Crippen LogP) is 4.10.